The Hall–Kier alpha value is -2.03. The van der Waals surface area contributed by atoms with Crippen LogP contribution in [0.2, 0.25) is 0 Å². The molecule has 0 aliphatic rings. The van der Waals surface area contributed by atoms with Crippen LogP contribution in [0, 0.1) is 18.6 Å². The van der Waals surface area contributed by atoms with Gasteiger partial charge in [-0.25, -0.2) is 21.9 Å². The summed E-state index contributed by atoms with van der Waals surface area (Å²) in [5, 5.41) is 5.95. The number of nitrogens with one attached hydrogen (secondary N) is 2. The molecule has 2 N–H and O–H groups in total. The van der Waals surface area contributed by atoms with Gasteiger partial charge < -0.3 is 0 Å². The van der Waals surface area contributed by atoms with Crippen molar-refractivity contribution in [3.05, 3.63) is 35.7 Å². The highest BCUT2D eigenvalue weighted by Crippen LogP contribution is 2.18. The maximum absolute atomic E-state index is 13.3. The van der Waals surface area contributed by atoms with Gasteiger partial charge in [0, 0.05) is 0 Å². The van der Waals surface area contributed by atoms with E-state index >= 15 is 0 Å². The second-order valence-electron chi connectivity index (χ2n) is 3.42. The predicted octanol–water partition coefficient (Wildman–Crippen LogP) is 1.19. The second kappa shape index (κ2) is 4.33. The Morgan fingerprint density at radius 2 is 2.06 bits per heavy atom. The average Bonchev–Trinajstić information content (AvgIpc) is 2.66. The van der Waals surface area contributed by atoms with E-state index in [1.807, 2.05) is 4.72 Å². The van der Waals surface area contributed by atoms with E-state index in [-0.39, 0.29) is 5.95 Å². The zero-order valence-corrected chi connectivity index (χ0v) is 9.92. The summed E-state index contributed by atoms with van der Waals surface area (Å²) in [5.41, 5.74) is 0. The fraction of sp³-hybridized carbons (Fsp3) is 0.111. The smallest absolute Gasteiger partial charge is 0.261 e. The fourth-order valence-corrected chi connectivity index (χ4v) is 2.28. The number of aromatic amines is 1. The van der Waals surface area contributed by atoms with Gasteiger partial charge in [0.15, 0.2) is 0 Å². The molecule has 1 aromatic carbocycles. The molecule has 0 fully saturated rings. The molecule has 0 saturated heterocycles. The minimum absolute atomic E-state index is 0.240. The van der Waals surface area contributed by atoms with Gasteiger partial charge in [-0.05, 0) is 25.1 Å². The Labute approximate surface area is 101 Å². The van der Waals surface area contributed by atoms with Gasteiger partial charge in [-0.3, -0.25) is 5.10 Å². The summed E-state index contributed by atoms with van der Waals surface area (Å²) in [4.78, 5) is 2.90. The van der Waals surface area contributed by atoms with E-state index in [1.54, 1.807) is 6.92 Å². The molecule has 1 aromatic heterocycles. The predicted molar refractivity (Wildman–Crippen MR) is 58.3 cm³/mol. The maximum Gasteiger partial charge on any atom is 0.267 e. The van der Waals surface area contributed by atoms with Crippen LogP contribution in [0.4, 0.5) is 14.7 Å². The molecule has 6 nitrogen and oxygen atoms in total. The molecule has 2 rings (SSSR count). The Morgan fingerprint density at radius 3 is 2.67 bits per heavy atom. The Kier molecular flexibility index (Phi) is 2.99. The number of halogens is 2. The van der Waals surface area contributed by atoms with Gasteiger partial charge in [0.25, 0.3) is 16.0 Å². The first-order valence-electron chi connectivity index (χ1n) is 4.75. The first-order valence-corrected chi connectivity index (χ1v) is 6.24. The minimum atomic E-state index is -4.26. The molecule has 0 aliphatic heterocycles. The van der Waals surface area contributed by atoms with Gasteiger partial charge >= 0.3 is 0 Å². The van der Waals surface area contributed by atoms with E-state index in [2.05, 4.69) is 15.2 Å². The summed E-state index contributed by atoms with van der Waals surface area (Å²) in [5.74, 6) is -1.78. The van der Waals surface area contributed by atoms with Crippen LogP contribution in [-0.2, 0) is 10.0 Å². The SMILES string of the molecule is Cc1nc(NS(=O)(=O)c2cc(F)ccc2F)n[nH]1. The molecule has 1 heterocycles. The topological polar surface area (TPSA) is 87.7 Å². The van der Waals surface area contributed by atoms with Gasteiger partial charge in [-0.1, -0.05) is 0 Å². The number of hydrogen-bond donors (Lipinski definition) is 2. The molecule has 0 aliphatic carbocycles. The van der Waals surface area contributed by atoms with Gasteiger partial charge in [0.1, 0.15) is 22.4 Å². The van der Waals surface area contributed by atoms with E-state index in [0.29, 0.717) is 11.9 Å². The number of sulfonamides is 1. The molecule has 0 bridgehead atoms. The number of H-pyrrole nitrogens is 1. The molecular weight excluding hydrogens is 266 g/mol. The molecule has 18 heavy (non-hydrogen) atoms. The summed E-state index contributed by atoms with van der Waals surface area (Å²) in [6, 6.07) is 2.13. The van der Waals surface area contributed by atoms with E-state index in [9.17, 15) is 17.2 Å². The van der Waals surface area contributed by atoms with Crippen LogP contribution in [0.25, 0.3) is 0 Å². The quantitative estimate of drug-likeness (QED) is 0.880. The molecule has 96 valence electrons. The van der Waals surface area contributed by atoms with Gasteiger partial charge in [-0.2, -0.15) is 4.98 Å². The molecule has 9 heteroatoms. The standard InChI is InChI=1S/C9H8F2N4O2S/c1-5-12-9(14-13-5)15-18(16,17)8-4-6(10)2-3-7(8)11/h2-4H,1H3,(H2,12,13,14,15). The zero-order valence-electron chi connectivity index (χ0n) is 9.11. The fourth-order valence-electron chi connectivity index (χ4n) is 1.25. The van der Waals surface area contributed by atoms with Crippen LogP contribution in [0.3, 0.4) is 0 Å². The van der Waals surface area contributed by atoms with Crippen LogP contribution in [-0.4, -0.2) is 23.6 Å². The first-order chi connectivity index (χ1) is 8.38. The highest BCUT2D eigenvalue weighted by molar-refractivity contribution is 7.92. The highest BCUT2D eigenvalue weighted by Gasteiger charge is 2.21. The van der Waals surface area contributed by atoms with Crippen LogP contribution in [0.5, 0.6) is 0 Å². The van der Waals surface area contributed by atoms with Crippen molar-refractivity contribution in [3.63, 3.8) is 0 Å². The average molecular weight is 274 g/mol. The molecule has 0 radical (unpaired) electrons. The number of anilines is 1. The Morgan fingerprint density at radius 1 is 1.33 bits per heavy atom. The number of nitrogens with zero attached hydrogens (tertiary/aromatic N) is 2. The summed E-state index contributed by atoms with van der Waals surface area (Å²) in [6.07, 6.45) is 0. The largest absolute Gasteiger partial charge is 0.267 e. The van der Waals surface area contributed by atoms with E-state index in [1.165, 1.54) is 0 Å². The molecule has 0 unspecified atom stereocenters. The lowest BCUT2D eigenvalue weighted by Gasteiger charge is -2.05. The Balaban J connectivity index is 2.39. The summed E-state index contributed by atoms with van der Waals surface area (Å²) < 4.78 is 51.7. The van der Waals surface area contributed by atoms with Gasteiger partial charge in [0.05, 0.1) is 0 Å². The number of aryl methyl sites for hydroxylation is 1. The van der Waals surface area contributed by atoms with Crippen LogP contribution in [0.15, 0.2) is 23.1 Å². The molecular formula is C9H8F2N4O2S. The number of benzene rings is 1. The molecule has 2 aromatic rings. The third-order valence-corrected chi connectivity index (χ3v) is 3.35. The van der Waals surface area contributed by atoms with Crippen molar-refractivity contribution in [3.8, 4) is 0 Å². The van der Waals surface area contributed by atoms with Gasteiger partial charge in [0.2, 0.25) is 0 Å². The molecule has 0 spiro atoms. The lowest BCUT2D eigenvalue weighted by atomic mass is 10.3. The van der Waals surface area contributed by atoms with Crippen molar-refractivity contribution in [2.45, 2.75) is 11.8 Å². The summed E-state index contributed by atoms with van der Waals surface area (Å²) in [7, 11) is -4.26. The summed E-state index contributed by atoms with van der Waals surface area (Å²) >= 11 is 0. The van der Waals surface area contributed by atoms with Crippen LogP contribution < -0.4 is 4.72 Å². The van der Waals surface area contributed by atoms with Gasteiger partial charge in [-0.15, -0.1) is 5.10 Å². The minimum Gasteiger partial charge on any atom is -0.261 e. The Bertz CT molecular complexity index is 684. The molecule has 0 amide bonds. The lowest BCUT2D eigenvalue weighted by molar-refractivity contribution is 0.555. The summed E-state index contributed by atoms with van der Waals surface area (Å²) in [6.45, 7) is 1.56. The van der Waals surface area contributed by atoms with Crippen LogP contribution in [0.1, 0.15) is 5.82 Å². The highest BCUT2D eigenvalue weighted by atomic mass is 32.2. The van der Waals surface area contributed by atoms with Crippen molar-refractivity contribution >= 4 is 16.0 Å². The monoisotopic (exact) mass is 274 g/mol. The lowest BCUT2D eigenvalue weighted by Crippen LogP contribution is -2.15. The van der Waals surface area contributed by atoms with E-state index in [4.69, 9.17) is 0 Å². The van der Waals surface area contributed by atoms with E-state index < -0.39 is 26.6 Å². The zero-order chi connectivity index (χ0) is 13.3. The molecule has 0 saturated carbocycles. The number of rotatable bonds is 3. The van der Waals surface area contributed by atoms with Crippen molar-refractivity contribution < 1.29 is 17.2 Å². The molecule has 0 atom stereocenters. The number of hydrogen-bond acceptors (Lipinski definition) is 4. The van der Waals surface area contributed by atoms with Crippen molar-refractivity contribution in [1.82, 2.24) is 15.2 Å². The van der Waals surface area contributed by atoms with Crippen molar-refractivity contribution in [2.24, 2.45) is 0 Å². The maximum atomic E-state index is 13.3. The van der Waals surface area contributed by atoms with E-state index in [0.717, 1.165) is 12.1 Å². The van der Waals surface area contributed by atoms with Crippen LogP contribution >= 0.6 is 0 Å². The van der Waals surface area contributed by atoms with Crippen molar-refractivity contribution in [2.75, 3.05) is 4.72 Å². The number of aromatic nitrogens is 3. The van der Waals surface area contributed by atoms with Crippen molar-refractivity contribution in [1.29, 1.82) is 0 Å². The first kappa shape index (κ1) is 12.4. The second-order valence-corrected chi connectivity index (χ2v) is 5.08. The third-order valence-electron chi connectivity index (χ3n) is 2.01. The third kappa shape index (κ3) is 2.45. The normalized spacial score (nSPS) is 11.5.